The predicted octanol–water partition coefficient (Wildman–Crippen LogP) is -0.0609. The molecule has 2 atom stereocenters. The Hall–Kier alpha value is -3.24. The molecule has 0 unspecified atom stereocenters. The molecule has 0 bridgehead atoms. The van der Waals surface area contributed by atoms with Crippen LogP contribution in [-0.2, 0) is 33.5 Å². The maximum Gasteiger partial charge on any atom is 0.328 e. The first kappa shape index (κ1) is 27.8. The standard InChI is InChI=1S/C22H34N4O7/c1-14(20(31)25-15(2)21(32)33-22(3,4)5)24-17(28)9-7-6-8-16(27)23-12-13-26-18(29)10-11-19(26)30/h10-11,14-15H,6-9,12-13H2,1-5H3,(H,23,27)(H,24,28)(H,25,31)/t14-,15-/m0/s1. The number of esters is 1. The van der Waals surface area contributed by atoms with Crippen molar-refractivity contribution in [2.24, 2.45) is 0 Å². The fourth-order valence-electron chi connectivity index (χ4n) is 2.78. The summed E-state index contributed by atoms with van der Waals surface area (Å²) in [4.78, 5) is 71.8. The van der Waals surface area contributed by atoms with E-state index in [2.05, 4.69) is 16.0 Å². The molecule has 5 amide bonds. The van der Waals surface area contributed by atoms with E-state index in [0.29, 0.717) is 12.8 Å². The highest BCUT2D eigenvalue weighted by molar-refractivity contribution is 6.12. The third kappa shape index (κ3) is 10.8. The summed E-state index contributed by atoms with van der Waals surface area (Å²) in [7, 11) is 0. The average Bonchev–Trinajstić information content (AvgIpc) is 3.01. The molecule has 1 heterocycles. The minimum atomic E-state index is -0.854. The van der Waals surface area contributed by atoms with Crippen LogP contribution in [0, 0.1) is 0 Å². The Bertz CT molecular complexity index is 783. The minimum absolute atomic E-state index is 0.102. The van der Waals surface area contributed by atoms with Gasteiger partial charge < -0.3 is 20.7 Å². The lowest BCUT2D eigenvalue weighted by molar-refractivity contribution is -0.158. The van der Waals surface area contributed by atoms with E-state index in [1.54, 1.807) is 20.8 Å². The molecule has 1 rings (SSSR count). The number of rotatable bonds is 12. The molecule has 1 aliphatic heterocycles. The number of carbonyl (C=O) groups is 6. The van der Waals surface area contributed by atoms with Crippen LogP contribution in [0.15, 0.2) is 12.2 Å². The third-order valence-corrected chi connectivity index (χ3v) is 4.51. The van der Waals surface area contributed by atoms with Crippen LogP contribution in [0.25, 0.3) is 0 Å². The number of ether oxygens (including phenoxy) is 1. The molecule has 0 spiro atoms. The predicted molar refractivity (Wildman–Crippen MR) is 118 cm³/mol. The lowest BCUT2D eigenvalue weighted by atomic mass is 10.1. The first-order chi connectivity index (χ1) is 15.3. The number of imide groups is 1. The van der Waals surface area contributed by atoms with E-state index < -0.39 is 41.4 Å². The van der Waals surface area contributed by atoms with Gasteiger partial charge in [0, 0.05) is 38.1 Å². The molecule has 0 aromatic rings. The fourth-order valence-corrected chi connectivity index (χ4v) is 2.78. The smallest absolute Gasteiger partial charge is 0.328 e. The Morgan fingerprint density at radius 1 is 0.909 bits per heavy atom. The number of hydrogen-bond donors (Lipinski definition) is 3. The molecule has 0 aromatic carbocycles. The number of nitrogens with zero attached hydrogens (tertiary/aromatic N) is 1. The molecule has 0 saturated heterocycles. The van der Waals surface area contributed by atoms with Crippen LogP contribution in [0.4, 0.5) is 0 Å². The summed E-state index contributed by atoms with van der Waals surface area (Å²) in [6.45, 7) is 8.45. The van der Waals surface area contributed by atoms with Gasteiger partial charge in [-0.2, -0.15) is 0 Å². The molecule has 0 radical (unpaired) electrons. The zero-order valence-electron chi connectivity index (χ0n) is 19.9. The molecule has 3 N–H and O–H groups in total. The Kier molecular flexibility index (Phi) is 10.7. The van der Waals surface area contributed by atoms with Crippen LogP contribution in [-0.4, -0.2) is 71.2 Å². The quantitative estimate of drug-likeness (QED) is 0.207. The molecule has 184 valence electrons. The Morgan fingerprint density at radius 3 is 2.00 bits per heavy atom. The van der Waals surface area contributed by atoms with Crippen LogP contribution in [0.5, 0.6) is 0 Å². The van der Waals surface area contributed by atoms with E-state index in [-0.39, 0.29) is 37.7 Å². The lowest BCUT2D eigenvalue weighted by Crippen LogP contribution is -2.50. The Morgan fingerprint density at radius 2 is 1.45 bits per heavy atom. The van der Waals surface area contributed by atoms with Crippen LogP contribution in [0.2, 0.25) is 0 Å². The van der Waals surface area contributed by atoms with Crippen molar-refractivity contribution in [3.63, 3.8) is 0 Å². The Labute approximate surface area is 193 Å². The zero-order valence-corrected chi connectivity index (χ0v) is 19.9. The zero-order chi connectivity index (χ0) is 25.2. The first-order valence-corrected chi connectivity index (χ1v) is 10.9. The van der Waals surface area contributed by atoms with Crippen LogP contribution in [0.1, 0.15) is 60.3 Å². The molecular weight excluding hydrogens is 432 g/mol. The summed E-state index contributed by atoms with van der Waals surface area (Å²) in [6, 6.07) is -1.69. The number of nitrogens with one attached hydrogen (secondary N) is 3. The minimum Gasteiger partial charge on any atom is -0.458 e. The third-order valence-electron chi connectivity index (χ3n) is 4.51. The summed E-state index contributed by atoms with van der Waals surface area (Å²) in [5.74, 6) is -2.47. The molecule has 33 heavy (non-hydrogen) atoms. The summed E-state index contributed by atoms with van der Waals surface area (Å²) >= 11 is 0. The van der Waals surface area contributed by atoms with Crippen molar-refractivity contribution in [3.8, 4) is 0 Å². The molecule has 11 heteroatoms. The second-order valence-electron chi connectivity index (χ2n) is 8.77. The number of amides is 5. The highest BCUT2D eigenvalue weighted by atomic mass is 16.6. The van der Waals surface area contributed by atoms with Crippen molar-refractivity contribution in [3.05, 3.63) is 12.2 Å². The van der Waals surface area contributed by atoms with Gasteiger partial charge in [0.2, 0.25) is 17.7 Å². The highest BCUT2D eigenvalue weighted by Gasteiger charge is 2.25. The van der Waals surface area contributed by atoms with Gasteiger partial charge in [-0.05, 0) is 47.5 Å². The van der Waals surface area contributed by atoms with Crippen molar-refractivity contribution in [2.75, 3.05) is 13.1 Å². The summed E-state index contributed by atoms with van der Waals surface area (Å²) in [5, 5.41) is 7.68. The molecule has 1 aliphatic rings. The van der Waals surface area contributed by atoms with E-state index in [9.17, 15) is 28.8 Å². The van der Waals surface area contributed by atoms with E-state index >= 15 is 0 Å². The second kappa shape index (κ2) is 12.7. The summed E-state index contributed by atoms with van der Waals surface area (Å²) < 4.78 is 5.20. The monoisotopic (exact) mass is 466 g/mol. The lowest BCUT2D eigenvalue weighted by Gasteiger charge is -2.23. The van der Waals surface area contributed by atoms with Crippen LogP contribution >= 0.6 is 0 Å². The van der Waals surface area contributed by atoms with Crippen molar-refractivity contribution >= 4 is 35.5 Å². The van der Waals surface area contributed by atoms with Gasteiger partial charge in [0.25, 0.3) is 11.8 Å². The number of unbranched alkanes of at least 4 members (excludes halogenated alkanes) is 1. The van der Waals surface area contributed by atoms with Crippen LogP contribution < -0.4 is 16.0 Å². The average molecular weight is 467 g/mol. The van der Waals surface area contributed by atoms with E-state index in [4.69, 9.17) is 4.74 Å². The van der Waals surface area contributed by atoms with Crippen LogP contribution in [0.3, 0.4) is 0 Å². The van der Waals surface area contributed by atoms with Gasteiger partial charge in [0.05, 0.1) is 0 Å². The molecule has 0 fully saturated rings. The van der Waals surface area contributed by atoms with Gasteiger partial charge in [-0.1, -0.05) is 0 Å². The van der Waals surface area contributed by atoms with E-state index in [1.807, 2.05) is 0 Å². The van der Waals surface area contributed by atoms with Gasteiger partial charge >= 0.3 is 5.97 Å². The van der Waals surface area contributed by atoms with Gasteiger partial charge in [-0.25, -0.2) is 4.79 Å². The van der Waals surface area contributed by atoms with E-state index in [0.717, 1.165) is 4.90 Å². The number of carbonyl (C=O) groups excluding carboxylic acids is 6. The SMILES string of the molecule is C[C@H](NC(=O)CCCCC(=O)NCCN1C(=O)C=CC1=O)C(=O)N[C@@H](C)C(=O)OC(C)(C)C. The maximum absolute atomic E-state index is 12.2. The Balaban J connectivity index is 2.19. The van der Waals surface area contributed by atoms with Gasteiger partial charge in [0.15, 0.2) is 0 Å². The molecular formula is C22H34N4O7. The van der Waals surface area contributed by atoms with Crippen molar-refractivity contribution in [1.29, 1.82) is 0 Å². The van der Waals surface area contributed by atoms with Gasteiger partial charge in [-0.3, -0.25) is 28.9 Å². The summed E-state index contributed by atoms with van der Waals surface area (Å²) in [6.07, 6.45) is 3.59. The summed E-state index contributed by atoms with van der Waals surface area (Å²) in [5.41, 5.74) is -0.670. The maximum atomic E-state index is 12.2. The molecule has 0 aliphatic carbocycles. The molecule has 0 saturated carbocycles. The fraction of sp³-hybridized carbons (Fsp3) is 0.636. The number of hydrogen-bond acceptors (Lipinski definition) is 7. The second-order valence-corrected chi connectivity index (χ2v) is 8.77. The molecule has 11 nitrogen and oxygen atoms in total. The largest absolute Gasteiger partial charge is 0.458 e. The van der Waals surface area contributed by atoms with Crippen molar-refractivity contribution in [1.82, 2.24) is 20.9 Å². The molecule has 0 aromatic heterocycles. The topological polar surface area (TPSA) is 151 Å². The first-order valence-electron chi connectivity index (χ1n) is 10.9. The van der Waals surface area contributed by atoms with E-state index in [1.165, 1.54) is 26.0 Å². The van der Waals surface area contributed by atoms with Crippen molar-refractivity contribution < 1.29 is 33.5 Å². The van der Waals surface area contributed by atoms with Gasteiger partial charge in [-0.15, -0.1) is 0 Å². The van der Waals surface area contributed by atoms with Gasteiger partial charge in [0.1, 0.15) is 17.7 Å². The normalized spacial score (nSPS) is 15.1. The highest BCUT2D eigenvalue weighted by Crippen LogP contribution is 2.08. The van der Waals surface area contributed by atoms with Crippen molar-refractivity contribution in [2.45, 2.75) is 78.0 Å².